The summed E-state index contributed by atoms with van der Waals surface area (Å²) in [5, 5.41) is 8.98. The Hall–Kier alpha value is -1.51. The number of carbonyl (C=O) groups excluding carboxylic acids is 1. The SMILES string of the molecule is CCCNC(=O)CNC(=NC)NCCc1ccccc1OC.I. The topological polar surface area (TPSA) is 74.8 Å². The van der Waals surface area contributed by atoms with E-state index in [-0.39, 0.29) is 36.4 Å². The third-order valence-electron chi connectivity index (χ3n) is 3.09. The molecule has 23 heavy (non-hydrogen) atoms. The zero-order valence-electron chi connectivity index (χ0n) is 14.0. The predicted molar refractivity (Wildman–Crippen MR) is 105 cm³/mol. The molecule has 0 spiro atoms. The molecule has 0 heterocycles. The molecule has 1 aromatic carbocycles. The van der Waals surface area contributed by atoms with Gasteiger partial charge in [0.15, 0.2) is 5.96 Å². The number of hydrogen-bond acceptors (Lipinski definition) is 3. The van der Waals surface area contributed by atoms with E-state index in [9.17, 15) is 4.79 Å². The maximum Gasteiger partial charge on any atom is 0.239 e. The lowest BCUT2D eigenvalue weighted by Crippen LogP contribution is -2.43. The molecule has 0 atom stereocenters. The maximum absolute atomic E-state index is 11.5. The Bertz CT molecular complexity index is 495. The molecule has 130 valence electrons. The van der Waals surface area contributed by atoms with E-state index < -0.39 is 0 Å². The molecule has 0 fully saturated rings. The second-order valence-electron chi connectivity index (χ2n) is 4.76. The second kappa shape index (κ2) is 13.0. The Morgan fingerprint density at radius 3 is 2.57 bits per heavy atom. The van der Waals surface area contributed by atoms with Crippen molar-refractivity contribution in [2.75, 3.05) is 33.8 Å². The largest absolute Gasteiger partial charge is 0.496 e. The fourth-order valence-electron chi connectivity index (χ4n) is 1.94. The quantitative estimate of drug-likeness (QED) is 0.330. The van der Waals surface area contributed by atoms with Crippen LogP contribution >= 0.6 is 24.0 Å². The number of aliphatic imine (C=N–C) groups is 1. The van der Waals surface area contributed by atoms with Gasteiger partial charge in [-0.15, -0.1) is 24.0 Å². The van der Waals surface area contributed by atoms with Gasteiger partial charge in [0, 0.05) is 20.1 Å². The van der Waals surface area contributed by atoms with Gasteiger partial charge in [0.05, 0.1) is 13.7 Å². The summed E-state index contributed by atoms with van der Waals surface area (Å²) in [6, 6.07) is 7.92. The predicted octanol–water partition coefficient (Wildman–Crippen LogP) is 1.55. The summed E-state index contributed by atoms with van der Waals surface area (Å²) < 4.78 is 5.32. The fraction of sp³-hybridized carbons (Fsp3) is 0.500. The Morgan fingerprint density at radius 2 is 1.91 bits per heavy atom. The number of nitrogens with zero attached hydrogens (tertiary/aromatic N) is 1. The van der Waals surface area contributed by atoms with Crippen LogP contribution in [0, 0.1) is 0 Å². The van der Waals surface area contributed by atoms with Crippen molar-refractivity contribution in [3.8, 4) is 5.75 Å². The molecule has 0 aliphatic carbocycles. The molecule has 1 aromatic rings. The molecular formula is C16H27IN4O2. The first kappa shape index (κ1) is 21.5. The minimum atomic E-state index is -0.0328. The molecular weight excluding hydrogens is 407 g/mol. The monoisotopic (exact) mass is 434 g/mol. The van der Waals surface area contributed by atoms with Gasteiger partial charge in [-0.05, 0) is 24.5 Å². The number of guanidine groups is 1. The number of rotatable bonds is 8. The minimum Gasteiger partial charge on any atom is -0.496 e. The molecule has 0 saturated carbocycles. The summed E-state index contributed by atoms with van der Waals surface area (Å²) in [6.07, 6.45) is 1.74. The molecule has 0 radical (unpaired) electrons. The van der Waals surface area contributed by atoms with Crippen molar-refractivity contribution in [1.82, 2.24) is 16.0 Å². The smallest absolute Gasteiger partial charge is 0.239 e. The number of carbonyl (C=O) groups is 1. The summed E-state index contributed by atoms with van der Waals surface area (Å²) >= 11 is 0. The second-order valence-corrected chi connectivity index (χ2v) is 4.76. The molecule has 0 aliphatic heterocycles. The lowest BCUT2D eigenvalue weighted by atomic mass is 10.1. The van der Waals surface area contributed by atoms with E-state index in [0.29, 0.717) is 19.0 Å². The molecule has 0 unspecified atom stereocenters. The molecule has 0 bridgehead atoms. The van der Waals surface area contributed by atoms with Crippen LogP contribution in [0.5, 0.6) is 5.75 Å². The first-order valence-corrected chi connectivity index (χ1v) is 7.54. The summed E-state index contributed by atoms with van der Waals surface area (Å²) in [5.74, 6) is 1.46. The Balaban J connectivity index is 0.00000484. The van der Waals surface area contributed by atoms with E-state index in [4.69, 9.17) is 4.74 Å². The van der Waals surface area contributed by atoms with Crippen LogP contribution in [0.4, 0.5) is 0 Å². The minimum absolute atomic E-state index is 0. The van der Waals surface area contributed by atoms with Gasteiger partial charge in [0.25, 0.3) is 0 Å². The van der Waals surface area contributed by atoms with E-state index in [2.05, 4.69) is 20.9 Å². The van der Waals surface area contributed by atoms with Gasteiger partial charge in [-0.1, -0.05) is 25.1 Å². The van der Waals surface area contributed by atoms with Crippen LogP contribution in [0.25, 0.3) is 0 Å². The number of nitrogens with one attached hydrogen (secondary N) is 3. The molecule has 7 heteroatoms. The van der Waals surface area contributed by atoms with Gasteiger partial charge >= 0.3 is 0 Å². The van der Waals surface area contributed by atoms with Gasteiger partial charge in [-0.25, -0.2) is 0 Å². The van der Waals surface area contributed by atoms with Crippen molar-refractivity contribution in [2.45, 2.75) is 19.8 Å². The third-order valence-corrected chi connectivity index (χ3v) is 3.09. The summed E-state index contributed by atoms with van der Waals surface area (Å²) in [7, 11) is 3.35. The van der Waals surface area contributed by atoms with Crippen LogP contribution in [0.3, 0.4) is 0 Å². The highest BCUT2D eigenvalue weighted by atomic mass is 127. The molecule has 6 nitrogen and oxygen atoms in total. The number of ether oxygens (including phenoxy) is 1. The Labute approximate surface area is 155 Å². The number of hydrogen-bond donors (Lipinski definition) is 3. The van der Waals surface area contributed by atoms with Gasteiger partial charge in [0.2, 0.25) is 5.91 Å². The van der Waals surface area contributed by atoms with E-state index in [1.54, 1.807) is 14.2 Å². The average molecular weight is 434 g/mol. The lowest BCUT2D eigenvalue weighted by Gasteiger charge is -2.13. The van der Waals surface area contributed by atoms with Crippen molar-refractivity contribution in [3.63, 3.8) is 0 Å². The maximum atomic E-state index is 11.5. The summed E-state index contributed by atoms with van der Waals surface area (Å²) in [6.45, 7) is 3.64. The van der Waals surface area contributed by atoms with Crippen molar-refractivity contribution in [3.05, 3.63) is 29.8 Å². The Kier molecular flexibility index (Phi) is 12.1. The number of halogens is 1. The van der Waals surface area contributed by atoms with E-state index >= 15 is 0 Å². The normalized spacial score (nSPS) is 10.5. The summed E-state index contributed by atoms with van der Waals surface area (Å²) in [5.41, 5.74) is 1.13. The standard InChI is InChI=1S/C16H26N4O2.HI/c1-4-10-18-15(21)12-20-16(17-2)19-11-9-13-7-5-6-8-14(13)22-3;/h5-8H,4,9-12H2,1-3H3,(H,18,21)(H2,17,19,20);1H. The zero-order chi connectivity index (χ0) is 16.2. The van der Waals surface area contributed by atoms with Crippen LogP contribution in [-0.4, -0.2) is 45.7 Å². The van der Waals surface area contributed by atoms with E-state index in [0.717, 1.165) is 24.2 Å². The molecule has 0 aromatic heterocycles. The number of benzene rings is 1. The van der Waals surface area contributed by atoms with Crippen molar-refractivity contribution >= 4 is 35.8 Å². The molecule has 1 rings (SSSR count). The number of methoxy groups -OCH3 is 1. The van der Waals surface area contributed by atoms with Gasteiger partial charge in [-0.3, -0.25) is 9.79 Å². The first-order chi connectivity index (χ1) is 10.7. The highest BCUT2D eigenvalue weighted by Crippen LogP contribution is 2.17. The highest BCUT2D eigenvalue weighted by Gasteiger charge is 2.04. The van der Waals surface area contributed by atoms with Gasteiger partial charge in [-0.2, -0.15) is 0 Å². The molecule has 0 saturated heterocycles. The molecule has 0 aliphatic rings. The van der Waals surface area contributed by atoms with Crippen LogP contribution < -0.4 is 20.7 Å². The van der Waals surface area contributed by atoms with Crippen molar-refractivity contribution < 1.29 is 9.53 Å². The van der Waals surface area contributed by atoms with Gasteiger partial charge < -0.3 is 20.7 Å². The zero-order valence-corrected chi connectivity index (χ0v) is 16.3. The third kappa shape index (κ3) is 8.63. The average Bonchev–Trinajstić information content (AvgIpc) is 2.56. The van der Waals surface area contributed by atoms with Crippen molar-refractivity contribution in [1.29, 1.82) is 0 Å². The fourth-order valence-corrected chi connectivity index (χ4v) is 1.94. The van der Waals surface area contributed by atoms with Crippen LogP contribution in [0.1, 0.15) is 18.9 Å². The van der Waals surface area contributed by atoms with E-state index in [1.165, 1.54) is 0 Å². The van der Waals surface area contributed by atoms with Crippen LogP contribution in [-0.2, 0) is 11.2 Å². The number of amides is 1. The lowest BCUT2D eigenvalue weighted by molar-refractivity contribution is -0.120. The van der Waals surface area contributed by atoms with Crippen LogP contribution in [0.15, 0.2) is 29.3 Å². The highest BCUT2D eigenvalue weighted by molar-refractivity contribution is 14.0. The van der Waals surface area contributed by atoms with E-state index in [1.807, 2.05) is 31.2 Å². The first-order valence-electron chi connectivity index (χ1n) is 7.54. The Morgan fingerprint density at radius 1 is 1.17 bits per heavy atom. The molecule has 3 N–H and O–H groups in total. The molecule has 1 amide bonds. The van der Waals surface area contributed by atoms with Crippen LogP contribution in [0.2, 0.25) is 0 Å². The van der Waals surface area contributed by atoms with Crippen molar-refractivity contribution in [2.24, 2.45) is 4.99 Å². The number of para-hydroxylation sites is 1. The summed E-state index contributed by atoms with van der Waals surface area (Å²) in [4.78, 5) is 15.6. The van der Waals surface area contributed by atoms with Gasteiger partial charge in [0.1, 0.15) is 5.75 Å².